The lowest BCUT2D eigenvalue weighted by molar-refractivity contribution is 0.262. The number of pyridine rings is 1. The summed E-state index contributed by atoms with van der Waals surface area (Å²) in [6.45, 7) is 3.97. The second-order valence-corrected chi connectivity index (χ2v) is 5.17. The molecule has 3 N–H and O–H groups in total. The van der Waals surface area contributed by atoms with Gasteiger partial charge in [-0.3, -0.25) is 10.4 Å². The van der Waals surface area contributed by atoms with Crippen LogP contribution in [0.15, 0.2) is 18.3 Å². The largest absolute Gasteiger partial charge is 0.324 e. The molecule has 2 heterocycles. The number of aromatic amines is 1. The monoisotopic (exact) mass is 307 g/mol. The van der Waals surface area contributed by atoms with Gasteiger partial charge < -0.3 is 5.32 Å². The molecule has 2 amide bonds. The number of unbranched alkanes of at least 4 members (excludes halogenated alkanes) is 1. The van der Waals surface area contributed by atoms with Crippen molar-refractivity contribution >= 4 is 29.1 Å². The zero-order valence-corrected chi connectivity index (χ0v) is 12.8. The number of carbonyl (C=O) groups is 1. The highest BCUT2D eigenvalue weighted by atomic mass is 35.5. The number of aromatic nitrogens is 3. The summed E-state index contributed by atoms with van der Waals surface area (Å²) in [5.41, 5.74) is 2.46. The summed E-state index contributed by atoms with van der Waals surface area (Å²) in [6.07, 6.45) is 4.73. The van der Waals surface area contributed by atoms with Crippen LogP contribution in [0, 0.1) is 6.92 Å². The Hall–Kier alpha value is -2.08. The van der Waals surface area contributed by atoms with Crippen molar-refractivity contribution in [2.24, 2.45) is 0 Å². The maximum absolute atomic E-state index is 11.9. The molecule has 0 spiro atoms. The molecular formula is C14H18ClN5O. The molecule has 6 nitrogen and oxygen atoms in total. The van der Waals surface area contributed by atoms with Crippen LogP contribution in [0.3, 0.4) is 0 Å². The number of aryl methyl sites for hydroxylation is 2. The lowest BCUT2D eigenvalue weighted by Crippen LogP contribution is -2.20. The van der Waals surface area contributed by atoms with Gasteiger partial charge in [0.15, 0.2) is 5.82 Å². The number of hydrogen-bond acceptors (Lipinski definition) is 3. The van der Waals surface area contributed by atoms with E-state index in [4.69, 9.17) is 11.6 Å². The van der Waals surface area contributed by atoms with E-state index >= 15 is 0 Å². The Morgan fingerprint density at radius 3 is 2.95 bits per heavy atom. The van der Waals surface area contributed by atoms with Gasteiger partial charge >= 0.3 is 6.03 Å². The van der Waals surface area contributed by atoms with E-state index in [2.05, 4.69) is 32.7 Å². The van der Waals surface area contributed by atoms with Crippen molar-refractivity contribution in [1.82, 2.24) is 15.2 Å². The number of carbonyl (C=O) groups excluding carboxylic acids is 1. The van der Waals surface area contributed by atoms with E-state index in [1.165, 1.54) is 0 Å². The predicted molar refractivity (Wildman–Crippen MR) is 83.8 cm³/mol. The van der Waals surface area contributed by atoms with Gasteiger partial charge in [0.1, 0.15) is 5.15 Å². The molecule has 0 bridgehead atoms. The first-order valence-electron chi connectivity index (χ1n) is 6.83. The molecule has 21 heavy (non-hydrogen) atoms. The molecule has 2 aromatic heterocycles. The van der Waals surface area contributed by atoms with Gasteiger partial charge in [-0.05, 0) is 31.4 Å². The number of rotatable bonds is 5. The number of halogens is 1. The summed E-state index contributed by atoms with van der Waals surface area (Å²) >= 11 is 5.81. The normalized spacial score (nSPS) is 10.4. The number of nitrogens with zero attached hydrogens (tertiary/aromatic N) is 2. The fourth-order valence-corrected chi connectivity index (χ4v) is 1.98. The number of urea groups is 1. The van der Waals surface area contributed by atoms with E-state index in [1.807, 2.05) is 13.0 Å². The van der Waals surface area contributed by atoms with Crippen LogP contribution in [0.25, 0.3) is 0 Å². The standard InChI is InChI=1S/C14H18ClN5O/c1-3-4-5-10-6-13(20-19-10)18-14(21)17-11-7-12(15)16-8-9(11)2/h6-8H,3-5H2,1-2H3,(H3,16,17,18,19,20,21). The SMILES string of the molecule is CCCCc1cc(NC(=O)Nc2cc(Cl)ncc2C)n[nH]1. The van der Waals surface area contributed by atoms with E-state index in [9.17, 15) is 4.79 Å². The highest BCUT2D eigenvalue weighted by Gasteiger charge is 2.08. The molecule has 0 aromatic carbocycles. The van der Waals surface area contributed by atoms with Crippen molar-refractivity contribution in [2.45, 2.75) is 33.1 Å². The first kappa shape index (κ1) is 15.3. The molecule has 0 atom stereocenters. The number of hydrogen-bond donors (Lipinski definition) is 3. The first-order chi connectivity index (χ1) is 10.1. The second-order valence-electron chi connectivity index (χ2n) is 4.78. The van der Waals surface area contributed by atoms with Gasteiger partial charge in [0, 0.05) is 23.6 Å². The first-order valence-corrected chi connectivity index (χ1v) is 7.20. The third-order valence-electron chi connectivity index (χ3n) is 2.99. The van der Waals surface area contributed by atoms with Crippen LogP contribution in [-0.4, -0.2) is 21.2 Å². The van der Waals surface area contributed by atoms with Crippen molar-refractivity contribution in [1.29, 1.82) is 0 Å². The topological polar surface area (TPSA) is 82.7 Å². The van der Waals surface area contributed by atoms with E-state index in [1.54, 1.807) is 12.3 Å². The minimum absolute atomic E-state index is 0.331. The van der Waals surface area contributed by atoms with Crippen LogP contribution in [0.2, 0.25) is 5.15 Å². The van der Waals surface area contributed by atoms with Gasteiger partial charge in [0.05, 0.1) is 0 Å². The van der Waals surface area contributed by atoms with Gasteiger partial charge in [0.2, 0.25) is 0 Å². The van der Waals surface area contributed by atoms with E-state index in [0.717, 1.165) is 30.5 Å². The van der Waals surface area contributed by atoms with Crippen molar-refractivity contribution in [3.8, 4) is 0 Å². The predicted octanol–water partition coefficient (Wildman–Crippen LogP) is 3.75. The lowest BCUT2D eigenvalue weighted by atomic mass is 10.2. The maximum atomic E-state index is 11.9. The molecule has 2 aromatic rings. The Labute approximate surface area is 128 Å². The molecule has 0 fully saturated rings. The van der Waals surface area contributed by atoms with Crippen molar-refractivity contribution in [3.05, 3.63) is 34.7 Å². The third kappa shape index (κ3) is 4.46. The summed E-state index contributed by atoms with van der Waals surface area (Å²) in [6, 6.07) is 3.07. The molecule has 0 aliphatic carbocycles. The van der Waals surface area contributed by atoms with Crippen molar-refractivity contribution in [2.75, 3.05) is 10.6 Å². The second kappa shape index (κ2) is 7.08. The summed E-state index contributed by atoms with van der Waals surface area (Å²) in [5, 5.41) is 12.7. The van der Waals surface area contributed by atoms with E-state index in [0.29, 0.717) is 16.7 Å². The van der Waals surface area contributed by atoms with Crippen LogP contribution < -0.4 is 10.6 Å². The van der Waals surface area contributed by atoms with Crippen LogP contribution in [0.1, 0.15) is 31.0 Å². The molecule has 0 radical (unpaired) electrons. The summed E-state index contributed by atoms with van der Waals surface area (Å²) in [5.74, 6) is 0.497. The van der Waals surface area contributed by atoms with Crippen LogP contribution in [-0.2, 0) is 6.42 Å². The lowest BCUT2D eigenvalue weighted by Gasteiger charge is -2.08. The Morgan fingerprint density at radius 1 is 1.38 bits per heavy atom. The van der Waals surface area contributed by atoms with Gasteiger partial charge in [-0.15, -0.1) is 0 Å². The van der Waals surface area contributed by atoms with E-state index < -0.39 is 0 Å². The summed E-state index contributed by atoms with van der Waals surface area (Å²) < 4.78 is 0. The fraction of sp³-hybridized carbons (Fsp3) is 0.357. The summed E-state index contributed by atoms with van der Waals surface area (Å²) in [4.78, 5) is 15.9. The quantitative estimate of drug-likeness (QED) is 0.736. The van der Waals surface area contributed by atoms with Gasteiger partial charge in [-0.1, -0.05) is 24.9 Å². The average molecular weight is 308 g/mol. The number of amides is 2. The molecule has 0 aliphatic rings. The fourth-order valence-electron chi connectivity index (χ4n) is 1.82. The molecular weight excluding hydrogens is 290 g/mol. The van der Waals surface area contributed by atoms with Crippen molar-refractivity contribution < 1.29 is 4.79 Å². The maximum Gasteiger partial charge on any atom is 0.324 e. The highest BCUT2D eigenvalue weighted by molar-refractivity contribution is 6.29. The smallest absolute Gasteiger partial charge is 0.307 e. The van der Waals surface area contributed by atoms with Gasteiger partial charge in [-0.2, -0.15) is 5.10 Å². The van der Waals surface area contributed by atoms with Crippen LogP contribution in [0.4, 0.5) is 16.3 Å². The molecule has 0 aliphatic heterocycles. The zero-order chi connectivity index (χ0) is 15.2. The number of H-pyrrole nitrogens is 1. The van der Waals surface area contributed by atoms with Gasteiger partial charge in [-0.25, -0.2) is 9.78 Å². The minimum Gasteiger partial charge on any atom is -0.307 e. The molecule has 2 rings (SSSR count). The Kier molecular flexibility index (Phi) is 5.16. The highest BCUT2D eigenvalue weighted by Crippen LogP contribution is 2.18. The molecule has 0 saturated heterocycles. The van der Waals surface area contributed by atoms with Gasteiger partial charge in [0.25, 0.3) is 0 Å². The molecule has 0 unspecified atom stereocenters. The Bertz CT molecular complexity index is 626. The third-order valence-corrected chi connectivity index (χ3v) is 3.20. The van der Waals surface area contributed by atoms with Crippen molar-refractivity contribution in [3.63, 3.8) is 0 Å². The molecule has 112 valence electrons. The summed E-state index contributed by atoms with van der Waals surface area (Å²) in [7, 11) is 0. The number of nitrogens with one attached hydrogen (secondary N) is 3. The van der Waals surface area contributed by atoms with Crippen LogP contribution in [0.5, 0.6) is 0 Å². The molecule has 7 heteroatoms. The minimum atomic E-state index is -0.367. The average Bonchev–Trinajstić information content (AvgIpc) is 2.88. The Morgan fingerprint density at radius 2 is 2.19 bits per heavy atom. The Balaban J connectivity index is 1.95. The number of anilines is 2. The van der Waals surface area contributed by atoms with E-state index in [-0.39, 0.29) is 6.03 Å². The van der Waals surface area contributed by atoms with Crippen LogP contribution >= 0.6 is 11.6 Å². The zero-order valence-electron chi connectivity index (χ0n) is 12.0. The molecule has 0 saturated carbocycles.